The van der Waals surface area contributed by atoms with Crippen molar-refractivity contribution < 1.29 is 35.0 Å². The number of pyridine rings is 1. The quantitative estimate of drug-likeness (QED) is 0.610. The molecule has 0 bridgehead atoms. The molecule has 0 spiro atoms. The molecule has 4 rings (SSSR count). The van der Waals surface area contributed by atoms with Crippen LogP contribution in [0.2, 0.25) is 10.0 Å². The van der Waals surface area contributed by atoms with Gasteiger partial charge in [-0.15, -0.1) is 0 Å². The predicted molar refractivity (Wildman–Crippen MR) is 98.3 cm³/mol. The molecule has 1 aliphatic carbocycles. The fourth-order valence-electron chi connectivity index (χ4n) is 3.58. The minimum atomic E-state index is -0.991. The van der Waals surface area contributed by atoms with Gasteiger partial charge < -0.3 is 21.7 Å². The Morgan fingerprint density at radius 1 is 1.30 bits per heavy atom. The summed E-state index contributed by atoms with van der Waals surface area (Å²) in [6.07, 6.45) is 1.36. The number of piperidine rings is 1. The third kappa shape index (κ3) is 3.57. The number of carboxylic acids is 1. The fourth-order valence-corrected chi connectivity index (χ4v) is 4.00. The van der Waals surface area contributed by atoms with Crippen LogP contribution < -0.4 is 29.1 Å². The van der Waals surface area contributed by atoms with E-state index in [0.29, 0.717) is 28.2 Å². The maximum Gasteiger partial charge on any atom is 1.00 e. The second-order valence-electron chi connectivity index (χ2n) is 6.70. The van der Waals surface area contributed by atoms with Gasteiger partial charge in [-0.2, -0.15) is 0 Å². The number of H-pyrrole nitrogens is 1. The van der Waals surface area contributed by atoms with Crippen LogP contribution in [0.4, 0.5) is 5.82 Å². The first-order valence-electron chi connectivity index (χ1n) is 8.15. The number of aromatic nitrogens is 2. The molecular formula is C17H17Cl2LiN4O3. The number of hydrogen-bond donors (Lipinski definition) is 3. The van der Waals surface area contributed by atoms with E-state index in [-0.39, 0.29) is 42.8 Å². The van der Waals surface area contributed by atoms with Crippen molar-refractivity contribution in [2.24, 2.45) is 11.8 Å². The van der Waals surface area contributed by atoms with Crippen LogP contribution in [-0.2, 0) is 0 Å². The molecular weight excluding hydrogens is 386 g/mol. The van der Waals surface area contributed by atoms with E-state index in [1.54, 1.807) is 19.1 Å². The zero-order chi connectivity index (χ0) is 18.6. The number of anilines is 1. The number of rotatable bonds is 4. The number of nitrogens with zero attached hydrogens (tertiary/aromatic N) is 2. The molecule has 2 aromatic heterocycles. The van der Waals surface area contributed by atoms with Gasteiger partial charge in [-0.05, 0) is 19.1 Å². The van der Waals surface area contributed by atoms with E-state index in [0.717, 1.165) is 18.9 Å². The first-order valence-corrected chi connectivity index (χ1v) is 8.91. The summed E-state index contributed by atoms with van der Waals surface area (Å²) in [5.41, 5.74) is 1.13. The van der Waals surface area contributed by atoms with Gasteiger partial charge in [0.25, 0.3) is 5.91 Å². The molecule has 10 heteroatoms. The summed E-state index contributed by atoms with van der Waals surface area (Å²) in [4.78, 5) is 32.5. The number of carboxylic acid groups (broad SMARTS) is 1. The molecule has 7 nitrogen and oxygen atoms in total. The monoisotopic (exact) mass is 402 g/mol. The SMILES string of the molecule is Cc1[nH]c(C(=O)NC2[C@H]3CN(c4ccc(C(=O)O)cn4)C[C@@H]23)c(Cl)c1Cl.[H-].[Li+]. The molecule has 1 saturated heterocycles. The Hall–Kier alpha value is -1.65. The Morgan fingerprint density at radius 3 is 2.44 bits per heavy atom. The Labute approximate surface area is 179 Å². The van der Waals surface area contributed by atoms with Crippen molar-refractivity contribution in [1.29, 1.82) is 0 Å². The van der Waals surface area contributed by atoms with Crippen LogP contribution >= 0.6 is 23.2 Å². The number of aryl methyl sites for hydroxylation is 1. The average Bonchev–Trinajstić information content (AvgIpc) is 2.95. The number of carbonyl (C=O) groups excluding carboxylic acids is 1. The largest absolute Gasteiger partial charge is 1.00 e. The zero-order valence-electron chi connectivity index (χ0n) is 15.8. The maximum absolute atomic E-state index is 12.4. The second-order valence-corrected chi connectivity index (χ2v) is 7.45. The summed E-state index contributed by atoms with van der Waals surface area (Å²) in [6.45, 7) is 3.30. The minimum absolute atomic E-state index is 0. The number of hydrogen-bond acceptors (Lipinski definition) is 4. The predicted octanol–water partition coefficient (Wildman–Crippen LogP) is -0.296. The molecule has 1 amide bonds. The summed E-state index contributed by atoms with van der Waals surface area (Å²) < 4.78 is 0. The van der Waals surface area contributed by atoms with Gasteiger partial charge in [0.2, 0.25) is 0 Å². The van der Waals surface area contributed by atoms with Gasteiger partial charge in [0.1, 0.15) is 11.5 Å². The summed E-state index contributed by atoms with van der Waals surface area (Å²) in [5.74, 6) is 0.215. The van der Waals surface area contributed by atoms with Gasteiger partial charge in [-0.3, -0.25) is 4.79 Å². The number of aromatic carboxylic acids is 1. The van der Waals surface area contributed by atoms with Crippen LogP contribution in [0.25, 0.3) is 0 Å². The first-order chi connectivity index (χ1) is 12.4. The summed E-state index contributed by atoms with van der Waals surface area (Å²) in [7, 11) is 0. The minimum Gasteiger partial charge on any atom is -1.00 e. The van der Waals surface area contributed by atoms with Crippen LogP contribution in [0.3, 0.4) is 0 Å². The van der Waals surface area contributed by atoms with Crippen molar-refractivity contribution in [2.45, 2.75) is 13.0 Å². The number of aromatic amines is 1. The third-order valence-corrected chi connectivity index (χ3v) is 6.04. The Kier molecular flexibility index (Phi) is 5.51. The van der Waals surface area contributed by atoms with Crippen LogP contribution in [0.15, 0.2) is 18.3 Å². The second kappa shape index (κ2) is 7.40. The summed E-state index contributed by atoms with van der Waals surface area (Å²) in [6, 6.07) is 3.37. The van der Waals surface area contributed by atoms with Gasteiger partial charge >= 0.3 is 24.8 Å². The summed E-state index contributed by atoms with van der Waals surface area (Å²) >= 11 is 12.1. The molecule has 138 valence electrons. The van der Waals surface area contributed by atoms with Crippen molar-refractivity contribution in [3.8, 4) is 0 Å². The molecule has 3 heterocycles. The van der Waals surface area contributed by atoms with Crippen molar-refractivity contribution in [3.05, 3.63) is 45.3 Å². The molecule has 0 aromatic carbocycles. The van der Waals surface area contributed by atoms with Crippen molar-refractivity contribution >= 4 is 40.9 Å². The molecule has 3 atom stereocenters. The van der Waals surface area contributed by atoms with Gasteiger partial charge in [0.05, 0.1) is 15.6 Å². The molecule has 3 N–H and O–H groups in total. The van der Waals surface area contributed by atoms with E-state index >= 15 is 0 Å². The Balaban J connectivity index is 0.00000140. The van der Waals surface area contributed by atoms with Crippen LogP contribution in [0.1, 0.15) is 28.0 Å². The van der Waals surface area contributed by atoms with E-state index in [1.165, 1.54) is 6.20 Å². The van der Waals surface area contributed by atoms with E-state index in [1.807, 2.05) is 0 Å². The number of fused-ring (bicyclic) bond motifs is 1. The number of halogens is 2. The van der Waals surface area contributed by atoms with Crippen molar-refractivity contribution in [2.75, 3.05) is 18.0 Å². The van der Waals surface area contributed by atoms with E-state index < -0.39 is 5.97 Å². The first kappa shape index (κ1) is 20.1. The third-order valence-electron chi connectivity index (χ3n) is 5.09. The van der Waals surface area contributed by atoms with E-state index in [4.69, 9.17) is 28.3 Å². The topological polar surface area (TPSA) is 98.3 Å². The molecule has 2 aliphatic rings. The molecule has 2 aromatic rings. The molecule has 2 fully saturated rings. The van der Waals surface area contributed by atoms with E-state index in [9.17, 15) is 9.59 Å². The van der Waals surface area contributed by atoms with Crippen molar-refractivity contribution in [3.63, 3.8) is 0 Å². The standard InChI is InChI=1S/C17H16Cl2N4O3.Li.H/c1-7-12(18)13(19)15(21-7)16(24)22-14-9-5-23(6-10(9)14)11-3-2-8(4-20-11)17(25)26;;/h2-4,9-10,14,21H,5-6H2,1H3,(H,22,24)(H,25,26);;/q;+1;-1/t9-,10+,14?;;. The van der Waals surface area contributed by atoms with Crippen LogP contribution in [0, 0.1) is 18.8 Å². The number of nitrogens with one attached hydrogen (secondary N) is 2. The molecule has 27 heavy (non-hydrogen) atoms. The summed E-state index contributed by atoms with van der Waals surface area (Å²) in [5, 5.41) is 12.6. The maximum atomic E-state index is 12.4. The fraction of sp³-hybridized carbons (Fsp3) is 0.353. The normalized spacial score (nSPS) is 22.8. The molecule has 1 aliphatic heterocycles. The van der Waals surface area contributed by atoms with Crippen LogP contribution in [-0.4, -0.2) is 46.1 Å². The molecule has 1 unspecified atom stereocenters. The van der Waals surface area contributed by atoms with Gasteiger partial charge in [-0.1, -0.05) is 23.2 Å². The van der Waals surface area contributed by atoms with Gasteiger partial charge in [-0.25, -0.2) is 9.78 Å². The number of carbonyl (C=O) groups is 2. The van der Waals surface area contributed by atoms with E-state index in [2.05, 4.69) is 20.2 Å². The molecule has 1 saturated carbocycles. The Morgan fingerprint density at radius 2 is 1.96 bits per heavy atom. The average molecular weight is 403 g/mol. The van der Waals surface area contributed by atoms with Gasteiger partial charge in [0, 0.05) is 42.9 Å². The van der Waals surface area contributed by atoms with Crippen molar-refractivity contribution in [1.82, 2.24) is 15.3 Å². The Bertz CT molecular complexity index is 897. The van der Waals surface area contributed by atoms with Crippen LogP contribution in [0.5, 0.6) is 0 Å². The molecule has 0 radical (unpaired) electrons. The number of amides is 1. The smallest absolute Gasteiger partial charge is 1.00 e. The van der Waals surface area contributed by atoms with Gasteiger partial charge in [0.15, 0.2) is 0 Å². The zero-order valence-corrected chi connectivity index (χ0v) is 16.3.